The second-order valence-electron chi connectivity index (χ2n) is 13.7. The molecule has 0 saturated carbocycles. The lowest BCUT2D eigenvalue weighted by Crippen LogP contribution is -1.97. The minimum absolute atomic E-state index is 1.14. The van der Waals surface area contributed by atoms with E-state index in [-0.39, 0.29) is 0 Å². The molecule has 0 bridgehead atoms. The van der Waals surface area contributed by atoms with E-state index in [0.29, 0.717) is 0 Å². The van der Waals surface area contributed by atoms with Gasteiger partial charge >= 0.3 is 0 Å². The summed E-state index contributed by atoms with van der Waals surface area (Å²) in [6, 6.07) is 71.0. The van der Waals surface area contributed by atoms with Crippen molar-refractivity contribution in [3.05, 3.63) is 194 Å². The minimum Gasteiger partial charge on any atom is -0.309 e. The molecule has 2 heterocycles. The second-order valence-corrected chi connectivity index (χ2v) is 13.7. The first-order valence-corrected chi connectivity index (χ1v) is 17.9. The summed E-state index contributed by atoms with van der Waals surface area (Å²) < 4.78 is 5.02. The van der Waals surface area contributed by atoms with Crippen molar-refractivity contribution in [3.8, 4) is 33.6 Å². The minimum atomic E-state index is 1.14. The molecule has 0 aliphatic heterocycles. The predicted molar refractivity (Wildman–Crippen MR) is 221 cm³/mol. The van der Waals surface area contributed by atoms with Crippen molar-refractivity contribution < 1.29 is 0 Å². The topological polar surface area (TPSA) is 9.86 Å². The van der Waals surface area contributed by atoms with Crippen LogP contribution in [0.2, 0.25) is 0 Å². The average molecular weight is 661 g/mol. The normalized spacial score (nSPS) is 11.8. The molecule has 0 fully saturated rings. The highest BCUT2D eigenvalue weighted by molar-refractivity contribution is 6.32. The van der Waals surface area contributed by atoms with Gasteiger partial charge in [-0.1, -0.05) is 152 Å². The molecule has 2 aromatic heterocycles. The Hall–Kier alpha value is -6.90. The summed E-state index contributed by atoms with van der Waals surface area (Å²) in [5, 5.41) is 10.1. The Bertz CT molecular complexity index is 3090. The zero-order chi connectivity index (χ0) is 34.2. The Labute approximate surface area is 301 Å². The average Bonchev–Trinajstić information content (AvgIpc) is 3.75. The summed E-state index contributed by atoms with van der Waals surface area (Å²) in [4.78, 5) is 0. The van der Waals surface area contributed by atoms with E-state index in [1.165, 1.54) is 87.4 Å². The van der Waals surface area contributed by atoms with Crippen LogP contribution in [0.1, 0.15) is 0 Å². The molecule has 0 saturated heterocycles. The Balaban J connectivity index is 1.36. The predicted octanol–water partition coefficient (Wildman–Crippen LogP) is 13.5. The van der Waals surface area contributed by atoms with E-state index in [9.17, 15) is 0 Å². The van der Waals surface area contributed by atoms with Gasteiger partial charge in [0, 0.05) is 38.3 Å². The van der Waals surface area contributed by atoms with Gasteiger partial charge in [0.1, 0.15) is 0 Å². The van der Waals surface area contributed by atoms with Gasteiger partial charge in [0.25, 0.3) is 0 Å². The summed E-state index contributed by atoms with van der Waals surface area (Å²) >= 11 is 0. The number of benzene rings is 9. The molecule has 0 amide bonds. The second kappa shape index (κ2) is 11.3. The van der Waals surface area contributed by atoms with Crippen LogP contribution in [0.3, 0.4) is 0 Å². The molecule has 2 heteroatoms. The van der Waals surface area contributed by atoms with E-state index in [1.54, 1.807) is 0 Å². The lowest BCUT2D eigenvalue weighted by Gasteiger charge is -2.15. The number of nitrogens with zero attached hydrogens (tertiary/aromatic N) is 2. The molecule has 0 N–H and O–H groups in total. The van der Waals surface area contributed by atoms with Crippen LogP contribution in [0.4, 0.5) is 0 Å². The van der Waals surface area contributed by atoms with Crippen LogP contribution in [0.25, 0.3) is 98.8 Å². The third-order valence-electron chi connectivity index (χ3n) is 10.8. The smallest absolute Gasteiger partial charge is 0.0641 e. The molecule has 0 radical (unpaired) electrons. The summed E-state index contributed by atoms with van der Waals surface area (Å²) in [7, 11) is 0. The molecule has 0 aliphatic rings. The van der Waals surface area contributed by atoms with E-state index in [0.717, 1.165) is 11.4 Å². The Kier molecular flexibility index (Phi) is 6.28. The zero-order valence-electron chi connectivity index (χ0n) is 28.4. The first kappa shape index (κ1) is 28.9. The van der Waals surface area contributed by atoms with Crippen molar-refractivity contribution >= 4 is 65.2 Å². The highest BCUT2D eigenvalue weighted by Crippen LogP contribution is 2.46. The molecule has 0 unspecified atom stereocenters. The molecule has 242 valence electrons. The molecular weight excluding hydrogens is 629 g/mol. The maximum Gasteiger partial charge on any atom is 0.0641 e. The number of hydrogen-bond donors (Lipinski definition) is 0. The molecule has 0 aliphatic carbocycles. The van der Waals surface area contributed by atoms with Gasteiger partial charge in [0.15, 0.2) is 0 Å². The molecule has 2 nitrogen and oxygen atoms in total. The third kappa shape index (κ3) is 4.25. The van der Waals surface area contributed by atoms with Gasteiger partial charge in [0.05, 0.1) is 22.1 Å². The quantitative estimate of drug-likeness (QED) is 0.178. The molecule has 9 aromatic carbocycles. The molecule has 0 spiro atoms. The van der Waals surface area contributed by atoms with E-state index in [4.69, 9.17) is 0 Å². The maximum atomic E-state index is 2.52. The van der Waals surface area contributed by atoms with Crippen LogP contribution < -0.4 is 0 Å². The SMILES string of the molecule is c1ccc(-c2cc(-c3ccccc3)cc(-n3c4ccc5c6c7ccccc7ccc6n(-c6ccccc6)c5c4c4ccc5ccccc5c43)c2)cc1. The number of para-hydroxylation sites is 1. The van der Waals surface area contributed by atoms with E-state index < -0.39 is 0 Å². The van der Waals surface area contributed by atoms with Crippen molar-refractivity contribution in [1.29, 1.82) is 0 Å². The van der Waals surface area contributed by atoms with Gasteiger partial charge < -0.3 is 9.13 Å². The fraction of sp³-hybridized carbons (Fsp3) is 0. The summed E-state index contributed by atoms with van der Waals surface area (Å²) in [5.74, 6) is 0. The third-order valence-corrected chi connectivity index (χ3v) is 10.8. The lowest BCUT2D eigenvalue weighted by atomic mass is 9.98. The molecule has 0 atom stereocenters. The molecule has 11 aromatic rings. The van der Waals surface area contributed by atoms with Crippen molar-refractivity contribution in [2.24, 2.45) is 0 Å². The Morgan fingerprint density at radius 2 is 0.750 bits per heavy atom. The Morgan fingerprint density at radius 1 is 0.269 bits per heavy atom. The van der Waals surface area contributed by atoms with Crippen LogP contribution in [0, 0.1) is 0 Å². The first-order valence-electron chi connectivity index (χ1n) is 17.9. The van der Waals surface area contributed by atoms with Gasteiger partial charge in [-0.25, -0.2) is 0 Å². The fourth-order valence-electron chi connectivity index (χ4n) is 8.58. The number of rotatable bonds is 4. The summed E-state index contributed by atoms with van der Waals surface area (Å²) in [6.45, 7) is 0. The van der Waals surface area contributed by atoms with Crippen molar-refractivity contribution in [1.82, 2.24) is 9.13 Å². The number of aromatic nitrogens is 2. The molecule has 11 rings (SSSR count). The zero-order valence-corrected chi connectivity index (χ0v) is 28.4. The highest BCUT2D eigenvalue weighted by atomic mass is 15.0. The van der Waals surface area contributed by atoms with Gasteiger partial charge in [-0.2, -0.15) is 0 Å². The summed E-state index contributed by atoms with van der Waals surface area (Å²) in [6.07, 6.45) is 0. The number of fused-ring (bicyclic) bond motifs is 11. The summed E-state index contributed by atoms with van der Waals surface area (Å²) in [5.41, 5.74) is 11.9. The van der Waals surface area contributed by atoms with Crippen molar-refractivity contribution in [2.75, 3.05) is 0 Å². The van der Waals surface area contributed by atoms with Crippen LogP contribution in [0.15, 0.2) is 194 Å². The standard InChI is InChI=1S/C50H32N2/c1-4-14-33(15-5-1)37-30-38(34-16-6-2-7-17-34)32-40(31-37)52-46-29-27-43-47-41-22-12-10-18-35(41)25-28-45(47)51(39-20-8-3-9-21-39)50(43)48(46)44-26-24-36-19-11-13-23-42(36)49(44)52/h1-32H. The molecule has 52 heavy (non-hydrogen) atoms. The van der Waals surface area contributed by atoms with Gasteiger partial charge in [-0.05, 0) is 80.9 Å². The first-order chi connectivity index (χ1) is 25.8. The van der Waals surface area contributed by atoms with Crippen LogP contribution in [-0.2, 0) is 0 Å². The maximum absolute atomic E-state index is 2.52. The largest absolute Gasteiger partial charge is 0.309 e. The Morgan fingerprint density at radius 3 is 1.44 bits per heavy atom. The fourth-order valence-corrected chi connectivity index (χ4v) is 8.58. The van der Waals surface area contributed by atoms with Gasteiger partial charge in [-0.15, -0.1) is 0 Å². The number of hydrogen-bond acceptors (Lipinski definition) is 0. The van der Waals surface area contributed by atoms with Gasteiger partial charge in [-0.3, -0.25) is 0 Å². The van der Waals surface area contributed by atoms with Crippen LogP contribution in [-0.4, -0.2) is 9.13 Å². The van der Waals surface area contributed by atoms with Crippen molar-refractivity contribution in [3.63, 3.8) is 0 Å². The van der Waals surface area contributed by atoms with E-state index in [1.807, 2.05) is 0 Å². The van der Waals surface area contributed by atoms with E-state index >= 15 is 0 Å². The molecular formula is C50H32N2. The van der Waals surface area contributed by atoms with Crippen molar-refractivity contribution in [2.45, 2.75) is 0 Å². The van der Waals surface area contributed by atoms with E-state index in [2.05, 4.69) is 203 Å². The highest BCUT2D eigenvalue weighted by Gasteiger charge is 2.23. The van der Waals surface area contributed by atoms with Crippen LogP contribution >= 0.6 is 0 Å². The monoisotopic (exact) mass is 660 g/mol. The van der Waals surface area contributed by atoms with Gasteiger partial charge in [0.2, 0.25) is 0 Å². The van der Waals surface area contributed by atoms with Crippen LogP contribution in [0.5, 0.6) is 0 Å². The lowest BCUT2D eigenvalue weighted by molar-refractivity contribution is 1.18.